The summed E-state index contributed by atoms with van der Waals surface area (Å²) in [7, 11) is 4.75. The van der Waals surface area contributed by atoms with Gasteiger partial charge in [-0.15, -0.1) is 0 Å². The summed E-state index contributed by atoms with van der Waals surface area (Å²) in [6.45, 7) is 4.22. The maximum absolute atomic E-state index is 12.3. The van der Waals surface area contributed by atoms with Gasteiger partial charge in [0.15, 0.2) is 0 Å². The minimum absolute atomic E-state index is 0. The number of unbranched alkanes of at least 4 members (excludes halogenated alkanes) is 13. The van der Waals surface area contributed by atoms with Crippen molar-refractivity contribution < 1.29 is 41.6 Å². The Hall–Kier alpha value is 0.910. The SMILES string of the molecule is CCCCCCCCCCCCCCCCSCC(CNS(=O)(=O)CCC[N+](C)(C)C)COC.[I-]. The van der Waals surface area contributed by atoms with Crippen LogP contribution in [0, 0.1) is 5.92 Å². The monoisotopic (exact) mass is 650 g/mol. The molecule has 0 aliphatic heterocycles. The molecular formula is C27H59IN2O3S2. The van der Waals surface area contributed by atoms with Crippen molar-refractivity contribution in [2.45, 2.75) is 103 Å². The van der Waals surface area contributed by atoms with Gasteiger partial charge in [0.05, 0.1) is 40.0 Å². The first-order valence-electron chi connectivity index (χ1n) is 14.0. The van der Waals surface area contributed by atoms with Crippen molar-refractivity contribution in [3.05, 3.63) is 0 Å². The van der Waals surface area contributed by atoms with E-state index in [4.69, 9.17) is 4.74 Å². The summed E-state index contributed by atoms with van der Waals surface area (Å²) in [5.41, 5.74) is 0. The van der Waals surface area contributed by atoms with Gasteiger partial charge in [-0.1, -0.05) is 90.4 Å². The molecule has 5 nitrogen and oxygen atoms in total. The number of sulfonamides is 1. The molecule has 0 aromatic carbocycles. The number of quaternary nitrogens is 1. The number of hydrogen-bond donors (Lipinski definition) is 1. The first-order chi connectivity index (χ1) is 16.2. The molecule has 0 radical (unpaired) electrons. The van der Waals surface area contributed by atoms with E-state index < -0.39 is 10.0 Å². The van der Waals surface area contributed by atoms with Crippen LogP contribution < -0.4 is 28.7 Å². The van der Waals surface area contributed by atoms with Gasteiger partial charge in [0.25, 0.3) is 0 Å². The lowest BCUT2D eigenvalue weighted by molar-refractivity contribution is -0.870. The second-order valence-electron chi connectivity index (χ2n) is 11.0. The Labute approximate surface area is 241 Å². The third-order valence-corrected chi connectivity index (χ3v) is 8.95. The maximum atomic E-state index is 12.3. The van der Waals surface area contributed by atoms with Crippen LogP contribution in [0.1, 0.15) is 103 Å². The van der Waals surface area contributed by atoms with Gasteiger partial charge in [-0.05, 0) is 17.9 Å². The minimum atomic E-state index is -3.20. The molecule has 0 aromatic rings. The topological polar surface area (TPSA) is 55.4 Å². The van der Waals surface area contributed by atoms with Crippen LogP contribution in [0.15, 0.2) is 0 Å². The summed E-state index contributed by atoms with van der Waals surface area (Å²) in [5.74, 6) is 2.55. The van der Waals surface area contributed by atoms with Gasteiger partial charge in [0, 0.05) is 26.0 Å². The molecule has 0 spiro atoms. The van der Waals surface area contributed by atoms with Gasteiger partial charge in [-0.25, -0.2) is 13.1 Å². The second-order valence-corrected chi connectivity index (χ2v) is 14.1. The Morgan fingerprint density at radius 2 is 1.29 bits per heavy atom. The van der Waals surface area contributed by atoms with E-state index in [2.05, 4.69) is 32.8 Å². The van der Waals surface area contributed by atoms with Crippen molar-refractivity contribution in [3.63, 3.8) is 0 Å². The third kappa shape index (κ3) is 29.3. The van der Waals surface area contributed by atoms with E-state index in [1.54, 1.807) is 7.11 Å². The summed E-state index contributed by atoms with van der Waals surface area (Å²) >= 11 is 1.94. The van der Waals surface area contributed by atoms with Gasteiger partial charge in [0.2, 0.25) is 10.0 Å². The average molecular weight is 651 g/mol. The summed E-state index contributed by atoms with van der Waals surface area (Å²) in [6, 6.07) is 0. The Morgan fingerprint density at radius 3 is 1.74 bits per heavy atom. The molecule has 35 heavy (non-hydrogen) atoms. The molecule has 8 heteroatoms. The van der Waals surface area contributed by atoms with Crippen molar-refractivity contribution >= 4 is 21.8 Å². The molecule has 0 fully saturated rings. The first-order valence-corrected chi connectivity index (χ1v) is 16.9. The number of methoxy groups -OCH3 is 1. The molecule has 0 saturated carbocycles. The van der Waals surface area contributed by atoms with E-state index >= 15 is 0 Å². The van der Waals surface area contributed by atoms with Crippen LogP contribution >= 0.6 is 11.8 Å². The van der Waals surface area contributed by atoms with E-state index in [0.717, 1.165) is 22.5 Å². The summed E-state index contributed by atoms with van der Waals surface area (Å²) in [5, 5.41) is 0. The average Bonchev–Trinajstić information content (AvgIpc) is 2.76. The van der Waals surface area contributed by atoms with Gasteiger partial charge in [-0.2, -0.15) is 11.8 Å². The van der Waals surface area contributed by atoms with E-state index in [1.807, 2.05) is 11.8 Å². The van der Waals surface area contributed by atoms with Crippen LogP contribution in [0.4, 0.5) is 0 Å². The molecule has 1 unspecified atom stereocenters. The van der Waals surface area contributed by atoms with Gasteiger partial charge >= 0.3 is 0 Å². The molecule has 0 aliphatic rings. The number of ether oxygens (including phenoxy) is 1. The summed E-state index contributed by atoms with van der Waals surface area (Å²) in [4.78, 5) is 0. The first kappa shape index (κ1) is 38.1. The van der Waals surface area contributed by atoms with Crippen LogP contribution in [-0.2, 0) is 14.8 Å². The number of nitrogens with zero attached hydrogens (tertiary/aromatic N) is 1. The Balaban J connectivity index is 0. The molecule has 0 saturated heterocycles. The van der Waals surface area contributed by atoms with Crippen LogP contribution in [-0.4, -0.2) is 78.1 Å². The highest BCUT2D eigenvalue weighted by Crippen LogP contribution is 2.15. The molecule has 0 aliphatic carbocycles. The fourth-order valence-electron chi connectivity index (χ4n) is 4.10. The molecule has 0 amide bonds. The standard InChI is InChI=1S/C27H59N2O3S2.HI/c1-6-7-8-9-10-11-12-13-14-15-16-17-18-19-22-33-26-27(25-32-5)24-28-34(30,31)23-20-21-29(2,3)4;/h27-28H,6-26H2,1-5H3;1H/q+1;/p-1. The van der Waals surface area contributed by atoms with E-state index in [9.17, 15) is 8.42 Å². The van der Waals surface area contributed by atoms with E-state index in [-0.39, 0.29) is 35.6 Å². The molecule has 1 atom stereocenters. The van der Waals surface area contributed by atoms with Gasteiger partial charge < -0.3 is 33.2 Å². The largest absolute Gasteiger partial charge is 1.00 e. The lowest BCUT2D eigenvalue weighted by Crippen LogP contribution is -3.00. The Morgan fingerprint density at radius 1 is 0.800 bits per heavy atom. The molecule has 0 bridgehead atoms. The fourth-order valence-corrected chi connectivity index (χ4v) is 6.36. The lowest BCUT2D eigenvalue weighted by atomic mass is 10.0. The number of halogens is 1. The fraction of sp³-hybridized carbons (Fsp3) is 1.00. The zero-order chi connectivity index (χ0) is 25.5. The summed E-state index contributed by atoms with van der Waals surface area (Å²) < 4.78 is 33.5. The predicted molar refractivity (Wildman–Crippen MR) is 152 cm³/mol. The zero-order valence-electron chi connectivity index (χ0n) is 23.8. The van der Waals surface area contributed by atoms with Crippen LogP contribution in [0.25, 0.3) is 0 Å². The lowest BCUT2D eigenvalue weighted by Gasteiger charge is -2.23. The van der Waals surface area contributed by atoms with Crippen molar-refractivity contribution in [3.8, 4) is 0 Å². The van der Waals surface area contributed by atoms with Crippen LogP contribution in [0.3, 0.4) is 0 Å². The van der Waals surface area contributed by atoms with Crippen molar-refractivity contribution in [1.82, 2.24) is 4.72 Å². The van der Waals surface area contributed by atoms with E-state index in [0.29, 0.717) is 19.6 Å². The van der Waals surface area contributed by atoms with Crippen molar-refractivity contribution in [2.24, 2.45) is 5.92 Å². The predicted octanol–water partition coefficient (Wildman–Crippen LogP) is 3.48. The third-order valence-electron chi connectivity index (χ3n) is 6.23. The molecule has 214 valence electrons. The number of nitrogens with one attached hydrogen (secondary N) is 1. The quantitative estimate of drug-likeness (QED) is 0.0886. The van der Waals surface area contributed by atoms with Crippen LogP contribution in [0.2, 0.25) is 0 Å². The van der Waals surface area contributed by atoms with Gasteiger partial charge in [-0.3, -0.25) is 0 Å². The normalized spacial score (nSPS) is 13.1. The smallest absolute Gasteiger partial charge is 0.211 e. The summed E-state index contributed by atoms with van der Waals surface area (Å²) in [6.07, 6.45) is 20.1. The highest BCUT2D eigenvalue weighted by atomic mass is 127. The maximum Gasteiger partial charge on any atom is 0.211 e. The molecule has 0 rings (SSSR count). The van der Waals surface area contributed by atoms with E-state index in [1.165, 1.54) is 89.9 Å². The highest BCUT2D eigenvalue weighted by Gasteiger charge is 2.17. The Kier molecular flexibility index (Phi) is 27.4. The molecule has 0 heterocycles. The zero-order valence-corrected chi connectivity index (χ0v) is 27.6. The molecular weight excluding hydrogens is 591 g/mol. The Bertz CT molecular complexity index is 543. The van der Waals surface area contributed by atoms with Crippen molar-refractivity contribution in [2.75, 3.05) is 65.2 Å². The molecule has 1 N–H and O–H groups in total. The number of rotatable bonds is 26. The minimum Gasteiger partial charge on any atom is -1.00 e. The van der Waals surface area contributed by atoms with Crippen LogP contribution in [0.5, 0.6) is 0 Å². The second kappa shape index (κ2) is 25.2. The highest BCUT2D eigenvalue weighted by molar-refractivity contribution is 7.99. The number of hydrogen-bond acceptors (Lipinski definition) is 4. The van der Waals surface area contributed by atoms with Crippen molar-refractivity contribution in [1.29, 1.82) is 0 Å². The number of thioether (sulfide) groups is 1. The molecule has 0 aromatic heterocycles. The van der Waals surface area contributed by atoms with Gasteiger partial charge in [0.1, 0.15) is 0 Å².